The van der Waals surface area contributed by atoms with Crippen LogP contribution in [0, 0.1) is 17.2 Å². The van der Waals surface area contributed by atoms with Gasteiger partial charge in [-0.1, -0.05) is 42.5 Å². The lowest BCUT2D eigenvalue weighted by atomic mass is 9.99. The molecule has 0 saturated heterocycles. The number of nitriles is 1. The van der Waals surface area contributed by atoms with E-state index < -0.39 is 0 Å². The second kappa shape index (κ2) is 6.11. The Morgan fingerprint density at radius 3 is 2.24 bits per heavy atom. The van der Waals surface area contributed by atoms with E-state index in [0.717, 1.165) is 5.92 Å². The molecular formula is C19H20N2. The molecular weight excluding hydrogens is 256 g/mol. The molecule has 0 amide bonds. The molecule has 0 aliphatic heterocycles. The maximum atomic E-state index is 8.88. The maximum absolute atomic E-state index is 8.88. The summed E-state index contributed by atoms with van der Waals surface area (Å²) in [4.78, 5) is 0. The highest BCUT2D eigenvalue weighted by Gasteiger charge is 2.32. The van der Waals surface area contributed by atoms with Crippen LogP contribution in [0.3, 0.4) is 0 Å². The van der Waals surface area contributed by atoms with Gasteiger partial charge in [0.05, 0.1) is 11.6 Å². The van der Waals surface area contributed by atoms with Crippen molar-refractivity contribution in [3.05, 3.63) is 71.3 Å². The molecule has 2 heteroatoms. The van der Waals surface area contributed by atoms with Crippen molar-refractivity contribution in [1.82, 2.24) is 5.32 Å². The molecule has 3 rings (SSSR count). The molecule has 1 fully saturated rings. The molecule has 1 saturated carbocycles. The van der Waals surface area contributed by atoms with Crippen LogP contribution in [0.2, 0.25) is 0 Å². The lowest BCUT2D eigenvalue weighted by Crippen LogP contribution is -2.26. The lowest BCUT2D eigenvalue weighted by molar-refractivity contribution is 0.427. The first-order valence-electron chi connectivity index (χ1n) is 7.59. The van der Waals surface area contributed by atoms with E-state index in [4.69, 9.17) is 5.26 Å². The van der Waals surface area contributed by atoms with Crippen molar-refractivity contribution < 1.29 is 0 Å². The minimum Gasteiger partial charge on any atom is -0.303 e. The minimum atomic E-state index is 0.281. The van der Waals surface area contributed by atoms with Crippen LogP contribution >= 0.6 is 0 Å². The van der Waals surface area contributed by atoms with Gasteiger partial charge in [-0.3, -0.25) is 0 Å². The molecule has 106 valence electrons. The van der Waals surface area contributed by atoms with E-state index in [0.29, 0.717) is 11.6 Å². The van der Waals surface area contributed by atoms with Gasteiger partial charge in [0.1, 0.15) is 0 Å². The number of benzene rings is 2. The van der Waals surface area contributed by atoms with Crippen LogP contribution in [0.15, 0.2) is 54.6 Å². The normalized spacial score (nSPS) is 17.0. The Kier molecular flexibility index (Phi) is 4.03. The zero-order chi connectivity index (χ0) is 14.7. The number of hydrogen-bond donors (Lipinski definition) is 1. The van der Waals surface area contributed by atoms with Crippen LogP contribution in [0.5, 0.6) is 0 Å². The van der Waals surface area contributed by atoms with Crippen molar-refractivity contribution >= 4 is 0 Å². The molecule has 0 aromatic heterocycles. The molecule has 1 aliphatic rings. The van der Waals surface area contributed by atoms with Gasteiger partial charge in [-0.2, -0.15) is 5.26 Å². The lowest BCUT2D eigenvalue weighted by Gasteiger charge is -2.24. The van der Waals surface area contributed by atoms with Gasteiger partial charge in [0, 0.05) is 12.1 Å². The molecule has 2 nitrogen and oxygen atoms in total. The van der Waals surface area contributed by atoms with Gasteiger partial charge in [-0.25, -0.2) is 0 Å². The molecule has 0 spiro atoms. The molecule has 2 unspecified atom stereocenters. The standard InChI is InChI=1S/C19H20N2/c1-14(16-9-7-15(13-20)8-10-16)21-19(18-11-12-18)17-5-3-2-4-6-17/h2-10,14,18-19,21H,11-12H2,1H3. The highest BCUT2D eigenvalue weighted by atomic mass is 15.0. The zero-order valence-corrected chi connectivity index (χ0v) is 12.3. The fraction of sp³-hybridized carbons (Fsp3) is 0.316. The minimum absolute atomic E-state index is 0.281. The van der Waals surface area contributed by atoms with Crippen LogP contribution in [-0.2, 0) is 0 Å². The first kappa shape index (κ1) is 13.9. The third-order valence-electron chi connectivity index (χ3n) is 4.22. The van der Waals surface area contributed by atoms with Crippen molar-refractivity contribution in [2.75, 3.05) is 0 Å². The molecule has 2 aromatic rings. The molecule has 2 atom stereocenters. The van der Waals surface area contributed by atoms with Gasteiger partial charge in [-0.05, 0) is 48.9 Å². The summed E-state index contributed by atoms with van der Waals surface area (Å²) in [5.74, 6) is 0.758. The summed E-state index contributed by atoms with van der Waals surface area (Å²) in [6, 6.07) is 21.5. The molecule has 21 heavy (non-hydrogen) atoms. The molecule has 2 aromatic carbocycles. The molecule has 0 radical (unpaired) electrons. The first-order valence-corrected chi connectivity index (χ1v) is 7.59. The maximum Gasteiger partial charge on any atom is 0.0991 e. The molecule has 0 bridgehead atoms. The van der Waals surface area contributed by atoms with E-state index in [9.17, 15) is 0 Å². The first-order chi connectivity index (χ1) is 10.3. The van der Waals surface area contributed by atoms with E-state index in [1.807, 2.05) is 24.3 Å². The molecule has 1 N–H and O–H groups in total. The Hall–Kier alpha value is -2.11. The van der Waals surface area contributed by atoms with Crippen LogP contribution in [0.1, 0.15) is 48.5 Å². The summed E-state index contributed by atoms with van der Waals surface area (Å²) >= 11 is 0. The highest BCUT2D eigenvalue weighted by Crippen LogP contribution is 2.42. The third-order valence-corrected chi connectivity index (χ3v) is 4.22. The van der Waals surface area contributed by atoms with Gasteiger partial charge >= 0.3 is 0 Å². The van der Waals surface area contributed by atoms with E-state index in [1.165, 1.54) is 24.0 Å². The number of nitrogens with zero attached hydrogens (tertiary/aromatic N) is 1. The number of rotatable bonds is 5. The third kappa shape index (κ3) is 3.32. The van der Waals surface area contributed by atoms with Crippen LogP contribution in [-0.4, -0.2) is 0 Å². The fourth-order valence-electron chi connectivity index (χ4n) is 2.81. The average molecular weight is 276 g/mol. The number of nitrogens with one attached hydrogen (secondary N) is 1. The summed E-state index contributed by atoms with van der Waals surface area (Å²) in [5.41, 5.74) is 3.32. The number of hydrogen-bond acceptors (Lipinski definition) is 2. The SMILES string of the molecule is CC(NC(c1ccccc1)C1CC1)c1ccc(C#N)cc1. The largest absolute Gasteiger partial charge is 0.303 e. The zero-order valence-electron chi connectivity index (χ0n) is 12.3. The van der Waals surface area contributed by atoms with Gasteiger partial charge in [0.25, 0.3) is 0 Å². The van der Waals surface area contributed by atoms with Crippen molar-refractivity contribution in [3.8, 4) is 6.07 Å². The Morgan fingerprint density at radius 1 is 1.00 bits per heavy atom. The van der Waals surface area contributed by atoms with Crippen LogP contribution < -0.4 is 5.32 Å². The molecule has 1 aliphatic carbocycles. The second-order valence-corrected chi connectivity index (χ2v) is 5.85. The highest BCUT2D eigenvalue weighted by molar-refractivity contribution is 5.33. The summed E-state index contributed by atoms with van der Waals surface area (Å²) in [7, 11) is 0. The molecule has 0 heterocycles. The van der Waals surface area contributed by atoms with Crippen molar-refractivity contribution in [2.24, 2.45) is 5.92 Å². The second-order valence-electron chi connectivity index (χ2n) is 5.85. The predicted molar refractivity (Wildman–Crippen MR) is 84.6 cm³/mol. The predicted octanol–water partition coefficient (Wildman–Crippen LogP) is 4.36. The summed E-state index contributed by atoms with van der Waals surface area (Å²) < 4.78 is 0. The summed E-state index contributed by atoms with van der Waals surface area (Å²) in [6.45, 7) is 2.19. The quantitative estimate of drug-likeness (QED) is 0.880. The van der Waals surface area contributed by atoms with E-state index in [1.54, 1.807) is 0 Å². The van der Waals surface area contributed by atoms with E-state index >= 15 is 0 Å². The van der Waals surface area contributed by atoms with Crippen molar-refractivity contribution in [3.63, 3.8) is 0 Å². The van der Waals surface area contributed by atoms with Gasteiger partial charge in [-0.15, -0.1) is 0 Å². The van der Waals surface area contributed by atoms with Crippen molar-refractivity contribution in [1.29, 1.82) is 5.26 Å². The Bertz CT molecular complexity index is 621. The summed E-state index contributed by atoms with van der Waals surface area (Å²) in [5, 5.41) is 12.6. The van der Waals surface area contributed by atoms with Crippen LogP contribution in [0.25, 0.3) is 0 Å². The monoisotopic (exact) mass is 276 g/mol. The fourth-order valence-corrected chi connectivity index (χ4v) is 2.81. The van der Waals surface area contributed by atoms with Gasteiger partial charge in [0.15, 0.2) is 0 Å². The Labute approximate surface area is 126 Å². The smallest absolute Gasteiger partial charge is 0.0991 e. The van der Waals surface area contributed by atoms with Crippen LogP contribution in [0.4, 0.5) is 0 Å². The van der Waals surface area contributed by atoms with E-state index in [-0.39, 0.29) is 6.04 Å². The Balaban J connectivity index is 1.75. The van der Waals surface area contributed by atoms with Gasteiger partial charge in [0.2, 0.25) is 0 Å². The Morgan fingerprint density at radius 2 is 1.67 bits per heavy atom. The van der Waals surface area contributed by atoms with Crippen molar-refractivity contribution in [2.45, 2.75) is 31.8 Å². The summed E-state index contributed by atoms with van der Waals surface area (Å²) in [6.07, 6.45) is 2.62. The van der Waals surface area contributed by atoms with Gasteiger partial charge < -0.3 is 5.32 Å². The average Bonchev–Trinajstić information content (AvgIpc) is 3.38. The topological polar surface area (TPSA) is 35.8 Å². The van der Waals surface area contributed by atoms with E-state index in [2.05, 4.69) is 48.6 Å².